The average molecular weight is 267 g/mol. The maximum Gasteiger partial charge on any atom is 0.410 e. The van der Waals surface area contributed by atoms with E-state index in [9.17, 15) is 9.59 Å². The van der Waals surface area contributed by atoms with Gasteiger partial charge in [0.05, 0.1) is 18.1 Å². The van der Waals surface area contributed by atoms with Gasteiger partial charge in [-0.2, -0.15) is 0 Å². The van der Waals surface area contributed by atoms with Crippen molar-refractivity contribution in [1.29, 1.82) is 0 Å². The van der Waals surface area contributed by atoms with E-state index in [-0.39, 0.29) is 18.0 Å². The lowest BCUT2D eigenvalue weighted by Crippen LogP contribution is -2.39. The van der Waals surface area contributed by atoms with Crippen molar-refractivity contribution in [2.45, 2.75) is 12.5 Å². The van der Waals surface area contributed by atoms with Gasteiger partial charge in [-0.25, -0.2) is 9.78 Å². The largest absolute Gasteiger partial charge is 0.448 e. The molecule has 2 fully saturated rings. The van der Waals surface area contributed by atoms with Gasteiger partial charge in [-0.15, -0.1) is 11.3 Å². The minimum absolute atomic E-state index is 0.0497. The first-order chi connectivity index (χ1) is 8.75. The number of carbonyl (C=O) groups is 2. The summed E-state index contributed by atoms with van der Waals surface area (Å²) in [4.78, 5) is 31.0. The molecule has 0 aliphatic carbocycles. The van der Waals surface area contributed by atoms with Crippen molar-refractivity contribution < 1.29 is 14.3 Å². The van der Waals surface area contributed by atoms with Crippen molar-refractivity contribution in [3.8, 4) is 0 Å². The first-order valence-electron chi connectivity index (χ1n) is 5.86. The molecule has 0 saturated carbocycles. The van der Waals surface area contributed by atoms with Gasteiger partial charge in [-0.3, -0.25) is 9.69 Å². The van der Waals surface area contributed by atoms with Gasteiger partial charge >= 0.3 is 6.09 Å². The molecule has 2 amide bonds. The van der Waals surface area contributed by atoms with Crippen LogP contribution in [-0.2, 0) is 4.74 Å². The molecule has 1 atom stereocenters. The number of likely N-dealkylation sites (tertiary alicyclic amines) is 1. The fourth-order valence-electron chi connectivity index (χ4n) is 2.40. The zero-order valence-electron chi connectivity index (χ0n) is 9.74. The summed E-state index contributed by atoms with van der Waals surface area (Å²) < 4.78 is 4.92. The molecule has 3 rings (SSSR count). The van der Waals surface area contributed by atoms with E-state index in [0.717, 1.165) is 6.42 Å². The molecule has 3 heterocycles. The van der Waals surface area contributed by atoms with Crippen molar-refractivity contribution in [2.24, 2.45) is 0 Å². The van der Waals surface area contributed by atoms with Crippen LogP contribution in [0.2, 0.25) is 0 Å². The molecule has 7 heteroatoms. The SMILES string of the molecule is O=C(c1cscn1)N1CC[C@H](N2CCOC2=O)C1. The van der Waals surface area contributed by atoms with Crippen molar-refractivity contribution in [3.63, 3.8) is 0 Å². The summed E-state index contributed by atoms with van der Waals surface area (Å²) in [5.74, 6) is -0.0497. The number of amides is 2. The second-order valence-corrected chi connectivity index (χ2v) is 5.09. The Morgan fingerprint density at radius 3 is 3.06 bits per heavy atom. The lowest BCUT2D eigenvalue weighted by Gasteiger charge is -2.21. The molecule has 0 spiro atoms. The van der Waals surface area contributed by atoms with Crippen LogP contribution in [0.1, 0.15) is 16.9 Å². The number of cyclic esters (lactones) is 1. The molecular formula is C11H13N3O3S. The highest BCUT2D eigenvalue weighted by Crippen LogP contribution is 2.20. The van der Waals surface area contributed by atoms with Crippen molar-refractivity contribution in [3.05, 3.63) is 16.6 Å². The lowest BCUT2D eigenvalue weighted by atomic mass is 10.2. The minimum Gasteiger partial charge on any atom is -0.448 e. The predicted octanol–water partition coefficient (Wildman–Crippen LogP) is 0.810. The maximum atomic E-state index is 12.1. The number of hydrogen-bond acceptors (Lipinski definition) is 5. The molecule has 96 valence electrons. The summed E-state index contributed by atoms with van der Waals surface area (Å²) in [6, 6.07) is 0.0857. The highest BCUT2D eigenvalue weighted by atomic mass is 32.1. The van der Waals surface area contributed by atoms with E-state index in [0.29, 0.717) is 31.9 Å². The van der Waals surface area contributed by atoms with Crippen LogP contribution in [0.3, 0.4) is 0 Å². The van der Waals surface area contributed by atoms with Gasteiger partial charge in [0, 0.05) is 18.5 Å². The van der Waals surface area contributed by atoms with Crippen molar-refractivity contribution in [1.82, 2.24) is 14.8 Å². The highest BCUT2D eigenvalue weighted by molar-refractivity contribution is 7.07. The molecule has 0 bridgehead atoms. The topological polar surface area (TPSA) is 62.7 Å². The monoisotopic (exact) mass is 267 g/mol. The number of carbonyl (C=O) groups excluding carboxylic acids is 2. The van der Waals surface area contributed by atoms with Crippen LogP contribution in [0.25, 0.3) is 0 Å². The van der Waals surface area contributed by atoms with Gasteiger partial charge in [0.2, 0.25) is 0 Å². The number of nitrogens with zero attached hydrogens (tertiary/aromatic N) is 3. The van der Waals surface area contributed by atoms with E-state index in [2.05, 4.69) is 4.98 Å². The lowest BCUT2D eigenvalue weighted by molar-refractivity contribution is 0.0775. The third-order valence-electron chi connectivity index (χ3n) is 3.34. The summed E-state index contributed by atoms with van der Waals surface area (Å²) in [6.45, 7) is 2.33. The van der Waals surface area contributed by atoms with Crippen LogP contribution in [-0.4, -0.2) is 59.1 Å². The Kier molecular flexibility index (Phi) is 2.91. The Morgan fingerprint density at radius 1 is 1.50 bits per heavy atom. The Morgan fingerprint density at radius 2 is 2.39 bits per heavy atom. The fourth-order valence-corrected chi connectivity index (χ4v) is 2.92. The Bertz CT molecular complexity index is 462. The Labute approximate surface area is 108 Å². The molecule has 0 radical (unpaired) electrons. The number of aromatic nitrogens is 1. The van der Waals surface area contributed by atoms with E-state index < -0.39 is 0 Å². The quantitative estimate of drug-likeness (QED) is 0.795. The zero-order valence-corrected chi connectivity index (χ0v) is 10.6. The van der Waals surface area contributed by atoms with Crippen LogP contribution in [0.4, 0.5) is 4.79 Å². The second kappa shape index (κ2) is 4.56. The third kappa shape index (κ3) is 1.94. The number of hydrogen-bond donors (Lipinski definition) is 0. The Balaban J connectivity index is 1.65. The summed E-state index contributed by atoms with van der Waals surface area (Å²) in [7, 11) is 0. The number of thiazole rings is 1. The minimum atomic E-state index is -0.261. The van der Waals surface area contributed by atoms with Crippen LogP contribution < -0.4 is 0 Å². The van der Waals surface area contributed by atoms with Crippen LogP contribution in [0.5, 0.6) is 0 Å². The summed E-state index contributed by atoms with van der Waals surface area (Å²) in [6.07, 6.45) is 0.549. The van der Waals surface area contributed by atoms with E-state index >= 15 is 0 Å². The van der Waals surface area contributed by atoms with Gasteiger partial charge in [0.25, 0.3) is 5.91 Å². The highest BCUT2D eigenvalue weighted by Gasteiger charge is 2.36. The second-order valence-electron chi connectivity index (χ2n) is 4.38. The molecule has 0 unspecified atom stereocenters. The predicted molar refractivity (Wildman–Crippen MR) is 64.5 cm³/mol. The van der Waals surface area contributed by atoms with Crippen LogP contribution >= 0.6 is 11.3 Å². The number of rotatable bonds is 2. The fraction of sp³-hybridized carbons (Fsp3) is 0.545. The third-order valence-corrected chi connectivity index (χ3v) is 3.92. The Hall–Kier alpha value is -1.63. The van der Waals surface area contributed by atoms with E-state index in [1.54, 1.807) is 20.7 Å². The molecule has 2 saturated heterocycles. The molecule has 1 aromatic heterocycles. The van der Waals surface area contributed by atoms with Gasteiger partial charge < -0.3 is 9.64 Å². The van der Waals surface area contributed by atoms with Gasteiger partial charge in [-0.1, -0.05) is 0 Å². The normalized spacial score (nSPS) is 23.6. The molecule has 0 N–H and O–H groups in total. The molecule has 18 heavy (non-hydrogen) atoms. The summed E-state index contributed by atoms with van der Waals surface area (Å²) in [5, 5.41) is 1.75. The smallest absolute Gasteiger partial charge is 0.410 e. The molecule has 2 aliphatic rings. The zero-order chi connectivity index (χ0) is 12.5. The van der Waals surface area contributed by atoms with Crippen LogP contribution in [0, 0.1) is 0 Å². The maximum absolute atomic E-state index is 12.1. The first-order valence-corrected chi connectivity index (χ1v) is 6.81. The molecular weight excluding hydrogens is 254 g/mol. The molecule has 2 aliphatic heterocycles. The van der Waals surface area contributed by atoms with E-state index in [1.807, 2.05) is 0 Å². The summed E-state index contributed by atoms with van der Waals surface area (Å²) in [5.41, 5.74) is 2.14. The molecule has 0 aromatic carbocycles. The molecule has 1 aromatic rings. The van der Waals surface area contributed by atoms with E-state index in [4.69, 9.17) is 4.74 Å². The van der Waals surface area contributed by atoms with Crippen LogP contribution in [0.15, 0.2) is 10.9 Å². The first kappa shape index (κ1) is 11.5. The van der Waals surface area contributed by atoms with Crippen molar-refractivity contribution >= 4 is 23.3 Å². The average Bonchev–Trinajstić information content (AvgIpc) is 3.09. The van der Waals surface area contributed by atoms with Crippen molar-refractivity contribution in [2.75, 3.05) is 26.2 Å². The van der Waals surface area contributed by atoms with Gasteiger partial charge in [0.1, 0.15) is 12.3 Å². The van der Waals surface area contributed by atoms with Gasteiger partial charge in [0.15, 0.2) is 0 Å². The number of ether oxygens (including phenoxy) is 1. The van der Waals surface area contributed by atoms with E-state index in [1.165, 1.54) is 11.3 Å². The standard InChI is InChI=1S/C11H13N3O3S/c15-10(9-6-18-7-12-9)13-2-1-8(5-13)14-3-4-17-11(14)16/h6-8H,1-5H2/t8-/m0/s1. The molecule has 6 nitrogen and oxygen atoms in total. The van der Waals surface area contributed by atoms with Gasteiger partial charge in [-0.05, 0) is 6.42 Å². The summed E-state index contributed by atoms with van der Waals surface area (Å²) >= 11 is 1.41.